The molecule has 0 spiro atoms. The van der Waals surface area contributed by atoms with Crippen molar-refractivity contribution in [1.82, 2.24) is 5.32 Å². The molecular weight excluding hydrogens is 270 g/mol. The summed E-state index contributed by atoms with van der Waals surface area (Å²) in [4.78, 5) is 4.14. The predicted octanol–water partition coefficient (Wildman–Crippen LogP) is 4.94. The molecule has 1 aromatic carbocycles. The van der Waals surface area contributed by atoms with Crippen LogP contribution in [0, 0.1) is 13.8 Å². The third-order valence-electron chi connectivity index (χ3n) is 3.32. The Balaban J connectivity index is 1.96. The minimum absolute atomic E-state index is 0.408. The lowest BCUT2D eigenvalue weighted by molar-refractivity contribution is 0.574. The van der Waals surface area contributed by atoms with Gasteiger partial charge in [0.15, 0.2) is 0 Å². The van der Waals surface area contributed by atoms with Crippen LogP contribution in [-0.2, 0) is 6.54 Å². The standard InChI is InChI=1S/C16H21NS2/c1-11-9-16(13(3)19-11)12(2)17-10-14-5-7-15(18-4)8-6-14/h5-9,12,17H,10H2,1-4H3. The molecule has 3 heteroatoms. The molecule has 1 N–H and O–H groups in total. The molecule has 102 valence electrons. The predicted molar refractivity (Wildman–Crippen MR) is 87.3 cm³/mol. The van der Waals surface area contributed by atoms with E-state index in [1.807, 2.05) is 11.3 Å². The van der Waals surface area contributed by atoms with E-state index in [9.17, 15) is 0 Å². The smallest absolute Gasteiger partial charge is 0.0305 e. The van der Waals surface area contributed by atoms with E-state index in [1.54, 1.807) is 11.8 Å². The normalized spacial score (nSPS) is 12.6. The molecule has 19 heavy (non-hydrogen) atoms. The zero-order chi connectivity index (χ0) is 13.8. The minimum atomic E-state index is 0.408. The highest BCUT2D eigenvalue weighted by molar-refractivity contribution is 7.98. The summed E-state index contributed by atoms with van der Waals surface area (Å²) < 4.78 is 0. The molecule has 0 aliphatic heterocycles. The Kier molecular flexibility index (Phi) is 5.08. The molecule has 1 heterocycles. The zero-order valence-corrected chi connectivity index (χ0v) is 13.6. The highest BCUT2D eigenvalue weighted by atomic mass is 32.2. The second-order valence-corrected chi connectivity index (χ2v) is 7.16. The largest absolute Gasteiger partial charge is 0.306 e. The van der Waals surface area contributed by atoms with Gasteiger partial charge in [0, 0.05) is 27.2 Å². The fourth-order valence-corrected chi connectivity index (χ4v) is 3.64. The maximum Gasteiger partial charge on any atom is 0.0305 e. The van der Waals surface area contributed by atoms with E-state index < -0.39 is 0 Å². The second-order valence-electron chi connectivity index (χ2n) is 4.82. The van der Waals surface area contributed by atoms with Crippen LogP contribution in [0.3, 0.4) is 0 Å². The van der Waals surface area contributed by atoms with Crippen LogP contribution in [-0.4, -0.2) is 6.26 Å². The van der Waals surface area contributed by atoms with Crippen LogP contribution in [0.15, 0.2) is 35.2 Å². The number of hydrogen-bond acceptors (Lipinski definition) is 3. The first-order valence-electron chi connectivity index (χ1n) is 6.53. The van der Waals surface area contributed by atoms with Crippen LogP contribution < -0.4 is 5.32 Å². The highest BCUT2D eigenvalue weighted by Crippen LogP contribution is 2.26. The van der Waals surface area contributed by atoms with Crippen LogP contribution in [0.1, 0.15) is 33.8 Å². The second kappa shape index (κ2) is 6.60. The van der Waals surface area contributed by atoms with Crippen molar-refractivity contribution in [3.8, 4) is 0 Å². The number of rotatable bonds is 5. The Labute approximate surface area is 124 Å². The molecule has 1 atom stereocenters. The molecule has 0 radical (unpaired) electrons. The third-order valence-corrected chi connectivity index (χ3v) is 5.04. The van der Waals surface area contributed by atoms with E-state index in [0.29, 0.717) is 6.04 Å². The van der Waals surface area contributed by atoms with Gasteiger partial charge >= 0.3 is 0 Å². The summed E-state index contributed by atoms with van der Waals surface area (Å²) in [5.41, 5.74) is 2.78. The summed E-state index contributed by atoms with van der Waals surface area (Å²) in [6, 6.07) is 11.5. The lowest BCUT2D eigenvalue weighted by Gasteiger charge is -2.14. The monoisotopic (exact) mass is 291 g/mol. The van der Waals surface area contributed by atoms with Gasteiger partial charge in [-0.3, -0.25) is 0 Å². The summed E-state index contributed by atoms with van der Waals surface area (Å²) in [5, 5.41) is 3.61. The van der Waals surface area contributed by atoms with Crippen molar-refractivity contribution in [3.63, 3.8) is 0 Å². The molecule has 0 aliphatic rings. The molecular formula is C16H21NS2. The summed E-state index contributed by atoms with van der Waals surface area (Å²) in [7, 11) is 0. The average Bonchev–Trinajstić information content (AvgIpc) is 2.75. The van der Waals surface area contributed by atoms with Gasteiger partial charge in [0.25, 0.3) is 0 Å². The van der Waals surface area contributed by atoms with Crippen molar-refractivity contribution < 1.29 is 0 Å². The lowest BCUT2D eigenvalue weighted by atomic mass is 10.1. The number of hydrogen-bond donors (Lipinski definition) is 1. The van der Waals surface area contributed by atoms with E-state index in [-0.39, 0.29) is 0 Å². The quantitative estimate of drug-likeness (QED) is 0.783. The van der Waals surface area contributed by atoms with E-state index >= 15 is 0 Å². The highest BCUT2D eigenvalue weighted by Gasteiger charge is 2.10. The third kappa shape index (κ3) is 3.85. The Bertz CT molecular complexity index is 528. The van der Waals surface area contributed by atoms with E-state index in [1.165, 1.54) is 25.8 Å². The number of nitrogens with one attached hydrogen (secondary N) is 1. The van der Waals surface area contributed by atoms with Gasteiger partial charge in [-0.2, -0.15) is 0 Å². The average molecular weight is 291 g/mol. The van der Waals surface area contributed by atoms with Crippen LogP contribution in [0.4, 0.5) is 0 Å². The molecule has 2 rings (SSSR count). The molecule has 1 unspecified atom stereocenters. The summed E-state index contributed by atoms with van der Waals surface area (Å²) in [6.07, 6.45) is 2.11. The van der Waals surface area contributed by atoms with Gasteiger partial charge in [-0.1, -0.05) is 12.1 Å². The Hall–Kier alpha value is -0.770. The fourth-order valence-electron chi connectivity index (χ4n) is 2.20. The van der Waals surface area contributed by atoms with E-state index in [4.69, 9.17) is 0 Å². The van der Waals surface area contributed by atoms with Crippen molar-refractivity contribution in [2.45, 2.75) is 38.3 Å². The molecule has 1 nitrogen and oxygen atoms in total. The molecule has 0 aliphatic carbocycles. The molecule has 0 saturated carbocycles. The SMILES string of the molecule is CSc1ccc(CNC(C)c2cc(C)sc2C)cc1. The molecule has 0 bridgehead atoms. The number of benzene rings is 1. The van der Waals surface area contributed by atoms with Crippen molar-refractivity contribution in [1.29, 1.82) is 0 Å². The summed E-state index contributed by atoms with van der Waals surface area (Å²) in [6.45, 7) is 7.54. The van der Waals surface area contributed by atoms with Crippen LogP contribution >= 0.6 is 23.1 Å². The van der Waals surface area contributed by atoms with Crippen molar-refractivity contribution in [3.05, 3.63) is 51.2 Å². The van der Waals surface area contributed by atoms with Crippen LogP contribution in [0.2, 0.25) is 0 Å². The number of thioether (sulfide) groups is 1. The van der Waals surface area contributed by atoms with Gasteiger partial charge in [0.2, 0.25) is 0 Å². The first kappa shape index (κ1) is 14.6. The van der Waals surface area contributed by atoms with Gasteiger partial charge in [-0.15, -0.1) is 23.1 Å². The number of thiophene rings is 1. The van der Waals surface area contributed by atoms with Crippen molar-refractivity contribution in [2.75, 3.05) is 6.26 Å². The minimum Gasteiger partial charge on any atom is -0.306 e. The van der Waals surface area contributed by atoms with Gasteiger partial charge in [-0.05, 0) is 56.4 Å². The van der Waals surface area contributed by atoms with Crippen molar-refractivity contribution >= 4 is 23.1 Å². The molecule has 1 aromatic heterocycles. The van der Waals surface area contributed by atoms with Crippen LogP contribution in [0.5, 0.6) is 0 Å². The van der Waals surface area contributed by atoms with E-state index in [2.05, 4.69) is 62.7 Å². The Morgan fingerprint density at radius 2 is 1.89 bits per heavy atom. The maximum absolute atomic E-state index is 3.61. The fraction of sp³-hybridized carbons (Fsp3) is 0.375. The molecule has 0 saturated heterocycles. The number of aryl methyl sites for hydroxylation is 2. The first-order valence-corrected chi connectivity index (χ1v) is 8.57. The lowest BCUT2D eigenvalue weighted by Crippen LogP contribution is -2.18. The zero-order valence-electron chi connectivity index (χ0n) is 12.0. The Morgan fingerprint density at radius 3 is 2.42 bits per heavy atom. The molecule has 2 aromatic rings. The summed E-state index contributed by atoms with van der Waals surface area (Å²) in [5.74, 6) is 0. The van der Waals surface area contributed by atoms with Gasteiger partial charge in [0.05, 0.1) is 0 Å². The first-order chi connectivity index (χ1) is 9.10. The van der Waals surface area contributed by atoms with Gasteiger partial charge < -0.3 is 5.32 Å². The molecule has 0 amide bonds. The van der Waals surface area contributed by atoms with E-state index in [0.717, 1.165) is 6.54 Å². The Morgan fingerprint density at radius 1 is 1.21 bits per heavy atom. The topological polar surface area (TPSA) is 12.0 Å². The van der Waals surface area contributed by atoms with Crippen LogP contribution in [0.25, 0.3) is 0 Å². The van der Waals surface area contributed by atoms with Gasteiger partial charge in [0.1, 0.15) is 0 Å². The van der Waals surface area contributed by atoms with Gasteiger partial charge in [-0.25, -0.2) is 0 Å². The maximum atomic E-state index is 3.61. The molecule has 0 fully saturated rings. The van der Waals surface area contributed by atoms with Crippen molar-refractivity contribution in [2.24, 2.45) is 0 Å². The summed E-state index contributed by atoms with van der Waals surface area (Å²) >= 11 is 3.67.